The average molecular weight is 199 g/mol. The van der Waals surface area contributed by atoms with Crippen LogP contribution in [0, 0.1) is 18.3 Å². The molecular weight excluding hydrogens is 186 g/mol. The summed E-state index contributed by atoms with van der Waals surface area (Å²) in [5, 5.41) is 9.12. The van der Waals surface area contributed by atoms with Crippen LogP contribution in [-0.4, -0.2) is 7.11 Å². The predicted octanol–water partition coefficient (Wildman–Crippen LogP) is 2.82. The summed E-state index contributed by atoms with van der Waals surface area (Å²) in [6, 6.07) is 8.44. The Morgan fingerprint density at radius 2 is 2.13 bits per heavy atom. The summed E-state index contributed by atoms with van der Waals surface area (Å²) >= 11 is 0. The Bertz CT molecular complexity index is 466. The van der Waals surface area contributed by atoms with Crippen molar-refractivity contribution in [3.8, 4) is 6.07 Å². The summed E-state index contributed by atoms with van der Waals surface area (Å²) in [5.41, 5.74) is 4.23. The van der Waals surface area contributed by atoms with Crippen LogP contribution in [0.5, 0.6) is 0 Å². The highest BCUT2D eigenvalue weighted by molar-refractivity contribution is 5.81. The third-order valence-corrected chi connectivity index (χ3v) is 2.79. The van der Waals surface area contributed by atoms with E-state index < -0.39 is 0 Å². The van der Waals surface area contributed by atoms with E-state index in [0.29, 0.717) is 5.57 Å². The molecule has 0 fully saturated rings. The lowest BCUT2D eigenvalue weighted by molar-refractivity contribution is 0.278. The maximum absolute atomic E-state index is 9.12. The van der Waals surface area contributed by atoms with E-state index in [1.165, 1.54) is 11.1 Å². The van der Waals surface area contributed by atoms with Gasteiger partial charge in [0, 0.05) is 6.42 Å². The number of methoxy groups -OCH3 is 1. The molecule has 0 radical (unpaired) electrons. The van der Waals surface area contributed by atoms with Crippen molar-refractivity contribution in [3.05, 3.63) is 40.6 Å². The number of hydrogen-bond donors (Lipinski definition) is 0. The first-order valence-corrected chi connectivity index (χ1v) is 5.03. The van der Waals surface area contributed by atoms with Crippen molar-refractivity contribution in [1.29, 1.82) is 5.26 Å². The molecule has 0 spiro atoms. The minimum absolute atomic E-state index is 0.693. The van der Waals surface area contributed by atoms with Crippen molar-refractivity contribution in [3.63, 3.8) is 0 Å². The first kappa shape index (κ1) is 9.79. The lowest BCUT2D eigenvalue weighted by Gasteiger charge is -2.18. The van der Waals surface area contributed by atoms with Gasteiger partial charge in [-0.2, -0.15) is 5.26 Å². The van der Waals surface area contributed by atoms with Crippen LogP contribution in [0.4, 0.5) is 0 Å². The highest BCUT2D eigenvalue weighted by Gasteiger charge is 2.19. The first-order chi connectivity index (χ1) is 7.26. The molecule has 0 saturated carbocycles. The van der Waals surface area contributed by atoms with Crippen LogP contribution in [0.25, 0.3) is 5.57 Å². The van der Waals surface area contributed by atoms with E-state index in [9.17, 15) is 0 Å². The molecule has 0 N–H and O–H groups in total. The number of rotatable bonds is 1. The van der Waals surface area contributed by atoms with Gasteiger partial charge in [0.15, 0.2) is 0 Å². The molecule has 1 aliphatic carbocycles. The van der Waals surface area contributed by atoms with Crippen LogP contribution < -0.4 is 0 Å². The molecule has 0 unspecified atom stereocenters. The zero-order chi connectivity index (χ0) is 10.8. The van der Waals surface area contributed by atoms with E-state index in [1.54, 1.807) is 7.11 Å². The number of ether oxygens (including phenoxy) is 1. The molecule has 76 valence electrons. The molecule has 0 amide bonds. The van der Waals surface area contributed by atoms with Crippen molar-refractivity contribution < 1.29 is 4.74 Å². The Morgan fingerprint density at radius 1 is 1.33 bits per heavy atom. The van der Waals surface area contributed by atoms with Crippen molar-refractivity contribution in [1.82, 2.24) is 0 Å². The normalized spacial score (nSPS) is 14.5. The molecule has 0 atom stereocenters. The minimum Gasteiger partial charge on any atom is -0.500 e. The molecule has 1 aliphatic rings. The van der Waals surface area contributed by atoms with E-state index in [-0.39, 0.29) is 0 Å². The Hall–Kier alpha value is -1.75. The molecule has 2 nitrogen and oxygen atoms in total. The summed E-state index contributed by atoms with van der Waals surface area (Å²) in [7, 11) is 1.63. The van der Waals surface area contributed by atoms with Crippen LogP contribution >= 0.6 is 0 Å². The van der Waals surface area contributed by atoms with Crippen LogP contribution in [0.1, 0.15) is 23.1 Å². The Labute approximate surface area is 89.8 Å². The molecule has 15 heavy (non-hydrogen) atoms. The fraction of sp³-hybridized carbons (Fsp3) is 0.308. The highest BCUT2D eigenvalue weighted by atomic mass is 16.5. The number of nitriles is 1. The molecule has 2 rings (SSSR count). The van der Waals surface area contributed by atoms with Gasteiger partial charge in [-0.3, -0.25) is 0 Å². The Balaban J connectivity index is 2.59. The first-order valence-electron chi connectivity index (χ1n) is 5.03. The van der Waals surface area contributed by atoms with Crippen molar-refractivity contribution >= 4 is 5.57 Å². The monoisotopic (exact) mass is 199 g/mol. The van der Waals surface area contributed by atoms with Gasteiger partial charge in [-0.1, -0.05) is 23.8 Å². The van der Waals surface area contributed by atoms with E-state index in [0.717, 1.165) is 24.2 Å². The van der Waals surface area contributed by atoms with Gasteiger partial charge in [0.1, 0.15) is 11.8 Å². The van der Waals surface area contributed by atoms with Crippen LogP contribution in [-0.2, 0) is 11.2 Å². The molecule has 1 aromatic carbocycles. The fourth-order valence-electron chi connectivity index (χ4n) is 2.02. The lowest BCUT2D eigenvalue weighted by atomic mass is 9.89. The van der Waals surface area contributed by atoms with Gasteiger partial charge in [-0.25, -0.2) is 0 Å². The molecule has 0 saturated heterocycles. The van der Waals surface area contributed by atoms with Gasteiger partial charge in [-0.15, -0.1) is 0 Å². The van der Waals surface area contributed by atoms with Crippen molar-refractivity contribution in [2.24, 2.45) is 0 Å². The van der Waals surface area contributed by atoms with E-state index >= 15 is 0 Å². The van der Waals surface area contributed by atoms with E-state index in [2.05, 4.69) is 19.1 Å². The number of fused-ring (bicyclic) bond motifs is 1. The second kappa shape index (κ2) is 3.78. The zero-order valence-electron chi connectivity index (χ0n) is 9.00. The number of aryl methyl sites for hydroxylation is 2. The summed E-state index contributed by atoms with van der Waals surface area (Å²) < 4.78 is 5.24. The molecule has 1 aromatic rings. The van der Waals surface area contributed by atoms with Gasteiger partial charge >= 0.3 is 0 Å². The third kappa shape index (κ3) is 1.61. The predicted molar refractivity (Wildman–Crippen MR) is 59.0 cm³/mol. The average Bonchev–Trinajstić information content (AvgIpc) is 2.27. The van der Waals surface area contributed by atoms with E-state index in [1.807, 2.05) is 12.1 Å². The second-order valence-corrected chi connectivity index (χ2v) is 3.77. The Kier molecular flexibility index (Phi) is 2.47. The van der Waals surface area contributed by atoms with Gasteiger partial charge in [0.2, 0.25) is 0 Å². The largest absolute Gasteiger partial charge is 0.500 e. The molecular formula is C13H13NO. The van der Waals surface area contributed by atoms with Crippen molar-refractivity contribution in [2.75, 3.05) is 7.11 Å². The lowest BCUT2D eigenvalue weighted by Crippen LogP contribution is -2.05. The Morgan fingerprint density at radius 3 is 2.80 bits per heavy atom. The van der Waals surface area contributed by atoms with E-state index in [4.69, 9.17) is 10.00 Å². The number of nitrogens with zero attached hydrogens (tertiary/aromatic N) is 1. The van der Waals surface area contributed by atoms with Crippen LogP contribution in [0.3, 0.4) is 0 Å². The molecule has 0 bridgehead atoms. The second-order valence-electron chi connectivity index (χ2n) is 3.77. The standard InChI is InChI=1S/C13H13NO/c1-9-3-5-11-10(7-9)4-6-13(15-2)12(11)8-14/h3,5,7H,4,6H2,1-2H3. The zero-order valence-corrected chi connectivity index (χ0v) is 9.00. The molecule has 0 aliphatic heterocycles. The number of allylic oxidation sites excluding steroid dienone is 2. The number of benzene rings is 1. The molecule has 2 heteroatoms. The SMILES string of the molecule is COC1=C(C#N)c2ccc(C)cc2CC1. The third-order valence-electron chi connectivity index (χ3n) is 2.79. The molecule has 0 aromatic heterocycles. The quantitative estimate of drug-likeness (QED) is 0.696. The van der Waals surface area contributed by atoms with Gasteiger partial charge in [0.25, 0.3) is 0 Å². The van der Waals surface area contributed by atoms with Crippen LogP contribution in [0.2, 0.25) is 0 Å². The van der Waals surface area contributed by atoms with Gasteiger partial charge < -0.3 is 4.74 Å². The van der Waals surface area contributed by atoms with Crippen molar-refractivity contribution in [2.45, 2.75) is 19.8 Å². The smallest absolute Gasteiger partial charge is 0.114 e. The van der Waals surface area contributed by atoms with Gasteiger partial charge in [-0.05, 0) is 24.5 Å². The summed E-state index contributed by atoms with van der Waals surface area (Å²) in [6.45, 7) is 2.07. The molecule has 0 heterocycles. The fourth-order valence-corrected chi connectivity index (χ4v) is 2.02. The van der Waals surface area contributed by atoms with Gasteiger partial charge in [0.05, 0.1) is 12.7 Å². The minimum atomic E-state index is 0.693. The van der Waals surface area contributed by atoms with Crippen LogP contribution in [0.15, 0.2) is 24.0 Å². The maximum atomic E-state index is 9.12. The summed E-state index contributed by atoms with van der Waals surface area (Å²) in [4.78, 5) is 0. The summed E-state index contributed by atoms with van der Waals surface area (Å²) in [5.74, 6) is 0.814. The summed E-state index contributed by atoms with van der Waals surface area (Å²) in [6.07, 6.45) is 1.79. The highest BCUT2D eigenvalue weighted by Crippen LogP contribution is 2.31. The maximum Gasteiger partial charge on any atom is 0.114 e. The number of hydrogen-bond acceptors (Lipinski definition) is 2. The topological polar surface area (TPSA) is 33.0 Å².